The fourth-order valence-corrected chi connectivity index (χ4v) is 4.29. The van der Waals surface area contributed by atoms with Crippen molar-refractivity contribution < 1.29 is 9.59 Å². The molecule has 0 spiro atoms. The van der Waals surface area contributed by atoms with Crippen molar-refractivity contribution in [3.63, 3.8) is 0 Å². The second-order valence-electron chi connectivity index (χ2n) is 8.24. The maximum Gasteiger partial charge on any atom is 0.243 e. The summed E-state index contributed by atoms with van der Waals surface area (Å²) in [6, 6.07) is 18.6. The summed E-state index contributed by atoms with van der Waals surface area (Å²) < 4.78 is 0. The van der Waals surface area contributed by atoms with Crippen LogP contribution in [0.3, 0.4) is 0 Å². The number of carbonyl (C=O) groups is 2. The van der Waals surface area contributed by atoms with Crippen LogP contribution in [0, 0.1) is 0 Å². The van der Waals surface area contributed by atoms with Gasteiger partial charge in [0.1, 0.15) is 6.04 Å². The van der Waals surface area contributed by atoms with Gasteiger partial charge in [-0.2, -0.15) is 0 Å². The zero-order valence-corrected chi connectivity index (χ0v) is 18.0. The number of nitrogens with zero attached hydrogens (tertiary/aromatic N) is 2. The van der Waals surface area contributed by atoms with Crippen molar-refractivity contribution in [3.8, 4) is 0 Å². The van der Waals surface area contributed by atoms with Gasteiger partial charge in [0.25, 0.3) is 0 Å². The van der Waals surface area contributed by atoms with Crippen molar-refractivity contribution in [2.45, 2.75) is 43.8 Å². The van der Waals surface area contributed by atoms with Crippen LogP contribution in [0.25, 0.3) is 0 Å². The van der Waals surface area contributed by atoms with Crippen molar-refractivity contribution in [1.82, 2.24) is 20.2 Å². The van der Waals surface area contributed by atoms with Gasteiger partial charge in [0.05, 0.1) is 18.4 Å². The third-order valence-corrected chi connectivity index (χ3v) is 5.95. The lowest BCUT2D eigenvalue weighted by atomic mass is 9.98. The van der Waals surface area contributed by atoms with Crippen LogP contribution in [0.4, 0.5) is 0 Å². The van der Waals surface area contributed by atoms with Crippen LogP contribution in [0.5, 0.6) is 0 Å². The molecule has 1 fully saturated rings. The van der Waals surface area contributed by atoms with Crippen molar-refractivity contribution in [2.75, 3.05) is 6.54 Å². The number of carbonyl (C=O) groups excluding carboxylic acids is 2. The van der Waals surface area contributed by atoms with Crippen molar-refractivity contribution >= 4 is 11.8 Å². The van der Waals surface area contributed by atoms with E-state index in [-0.39, 0.29) is 17.9 Å². The minimum atomic E-state index is -0.710. The highest BCUT2D eigenvalue weighted by atomic mass is 16.2. The molecule has 1 aromatic heterocycles. The van der Waals surface area contributed by atoms with Crippen LogP contribution < -0.4 is 11.1 Å². The molecular weight excluding hydrogens is 402 g/mol. The number of amides is 2. The van der Waals surface area contributed by atoms with E-state index in [0.717, 1.165) is 23.2 Å². The van der Waals surface area contributed by atoms with Crippen molar-refractivity contribution in [3.05, 3.63) is 90.0 Å². The summed E-state index contributed by atoms with van der Waals surface area (Å²) in [7, 11) is 0. The van der Waals surface area contributed by atoms with Gasteiger partial charge in [0.15, 0.2) is 0 Å². The SMILES string of the molecule is N[C@@H](Cc1cnc[nH]1)C(=O)N1CCC[C@H]1C(=O)N[C@@H](Cc1ccccc1)c1ccccc1. The summed E-state index contributed by atoms with van der Waals surface area (Å²) in [6.07, 6.45) is 5.70. The normalized spacial score (nSPS) is 17.7. The van der Waals surface area contributed by atoms with Crippen molar-refractivity contribution in [1.29, 1.82) is 0 Å². The van der Waals surface area contributed by atoms with E-state index in [1.54, 1.807) is 17.4 Å². The molecule has 0 saturated carbocycles. The number of likely N-dealkylation sites (tertiary alicyclic amines) is 1. The van der Waals surface area contributed by atoms with Gasteiger partial charge in [-0.15, -0.1) is 0 Å². The Morgan fingerprint density at radius 3 is 2.50 bits per heavy atom. The minimum absolute atomic E-state index is 0.130. The Labute approximate surface area is 188 Å². The summed E-state index contributed by atoms with van der Waals surface area (Å²) >= 11 is 0. The topological polar surface area (TPSA) is 104 Å². The maximum absolute atomic E-state index is 13.3. The summed E-state index contributed by atoms with van der Waals surface area (Å²) in [5.41, 5.74) is 9.16. The number of imidazole rings is 1. The zero-order chi connectivity index (χ0) is 22.3. The van der Waals surface area contributed by atoms with Crippen LogP contribution >= 0.6 is 0 Å². The number of H-pyrrole nitrogens is 1. The van der Waals surface area contributed by atoms with Crippen LogP contribution in [0.1, 0.15) is 35.7 Å². The Balaban J connectivity index is 1.46. The van der Waals surface area contributed by atoms with Gasteiger partial charge < -0.3 is 20.9 Å². The molecule has 4 rings (SSSR count). The van der Waals surface area contributed by atoms with E-state index in [1.807, 2.05) is 48.5 Å². The Hall–Kier alpha value is -3.45. The number of aromatic nitrogens is 2. The first kappa shape index (κ1) is 21.8. The number of aromatic amines is 1. The first-order chi connectivity index (χ1) is 15.6. The van der Waals surface area contributed by atoms with Gasteiger partial charge in [-0.3, -0.25) is 9.59 Å². The van der Waals surface area contributed by atoms with Gasteiger partial charge in [0.2, 0.25) is 11.8 Å². The molecule has 4 N–H and O–H groups in total. The van der Waals surface area contributed by atoms with E-state index in [0.29, 0.717) is 25.8 Å². The van der Waals surface area contributed by atoms with Gasteiger partial charge >= 0.3 is 0 Å². The Bertz CT molecular complexity index is 1010. The minimum Gasteiger partial charge on any atom is -0.348 e. The first-order valence-corrected chi connectivity index (χ1v) is 11.0. The number of hydrogen-bond acceptors (Lipinski definition) is 4. The Morgan fingerprint density at radius 1 is 1.09 bits per heavy atom. The molecule has 166 valence electrons. The van der Waals surface area contributed by atoms with Gasteiger partial charge in [0, 0.05) is 24.9 Å². The Kier molecular flexibility index (Phi) is 6.97. The predicted molar refractivity (Wildman–Crippen MR) is 122 cm³/mol. The molecule has 7 nitrogen and oxygen atoms in total. The average molecular weight is 432 g/mol. The van der Waals surface area contributed by atoms with Gasteiger partial charge in [-0.1, -0.05) is 60.7 Å². The lowest BCUT2D eigenvalue weighted by Gasteiger charge is -2.28. The highest BCUT2D eigenvalue weighted by Crippen LogP contribution is 2.23. The molecular formula is C25H29N5O2. The van der Waals surface area contributed by atoms with Gasteiger partial charge in [-0.25, -0.2) is 4.98 Å². The molecule has 1 aliphatic heterocycles. The van der Waals surface area contributed by atoms with Gasteiger partial charge in [-0.05, 0) is 30.4 Å². The molecule has 0 radical (unpaired) electrons. The van der Waals surface area contributed by atoms with E-state index < -0.39 is 12.1 Å². The average Bonchev–Trinajstić information content (AvgIpc) is 3.51. The molecule has 1 saturated heterocycles. The highest BCUT2D eigenvalue weighted by Gasteiger charge is 2.37. The van der Waals surface area contributed by atoms with E-state index >= 15 is 0 Å². The monoisotopic (exact) mass is 431 g/mol. The summed E-state index contributed by atoms with van der Waals surface area (Å²) in [4.78, 5) is 34.9. The zero-order valence-electron chi connectivity index (χ0n) is 18.0. The molecule has 1 aliphatic rings. The molecule has 2 aromatic carbocycles. The summed E-state index contributed by atoms with van der Waals surface area (Å²) in [5, 5.41) is 3.20. The number of hydrogen-bond donors (Lipinski definition) is 3. The third-order valence-electron chi connectivity index (χ3n) is 5.95. The second kappa shape index (κ2) is 10.2. The molecule has 7 heteroatoms. The Morgan fingerprint density at radius 2 is 1.81 bits per heavy atom. The summed E-state index contributed by atoms with van der Waals surface area (Å²) in [5.74, 6) is -0.328. The first-order valence-electron chi connectivity index (χ1n) is 11.0. The fourth-order valence-electron chi connectivity index (χ4n) is 4.29. The fraction of sp³-hybridized carbons (Fsp3) is 0.320. The molecule has 0 unspecified atom stereocenters. The number of nitrogens with two attached hydrogens (primary N) is 1. The maximum atomic E-state index is 13.3. The second-order valence-corrected chi connectivity index (χ2v) is 8.24. The molecule has 0 bridgehead atoms. The van der Waals surface area contributed by atoms with Crippen LogP contribution in [-0.4, -0.2) is 45.3 Å². The molecule has 2 amide bonds. The standard InChI is InChI=1S/C25H29N5O2/c26-21(15-20-16-27-17-28-20)25(32)30-13-7-12-23(30)24(31)29-22(19-10-5-2-6-11-19)14-18-8-3-1-4-9-18/h1-6,8-11,16-17,21-23H,7,12-15,26H2,(H,27,28)(H,29,31)/t21-,22-,23-/m0/s1. The molecule has 2 heterocycles. The van der Waals surface area contributed by atoms with Crippen LogP contribution in [-0.2, 0) is 22.4 Å². The third kappa shape index (κ3) is 5.23. The van der Waals surface area contributed by atoms with Crippen LogP contribution in [0.15, 0.2) is 73.2 Å². The highest BCUT2D eigenvalue weighted by molar-refractivity contribution is 5.90. The van der Waals surface area contributed by atoms with E-state index in [2.05, 4.69) is 27.4 Å². The number of nitrogens with one attached hydrogen (secondary N) is 2. The van der Waals surface area contributed by atoms with Crippen LogP contribution in [0.2, 0.25) is 0 Å². The molecule has 0 aliphatic carbocycles. The largest absolute Gasteiger partial charge is 0.348 e. The lowest BCUT2D eigenvalue weighted by Crippen LogP contribution is -2.52. The van der Waals surface area contributed by atoms with E-state index in [9.17, 15) is 9.59 Å². The quantitative estimate of drug-likeness (QED) is 0.509. The smallest absolute Gasteiger partial charge is 0.243 e. The lowest BCUT2D eigenvalue weighted by molar-refractivity contribution is -0.139. The number of rotatable bonds is 8. The summed E-state index contributed by atoms with van der Waals surface area (Å²) in [6.45, 7) is 0.544. The molecule has 32 heavy (non-hydrogen) atoms. The molecule has 3 aromatic rings. The molecule has 3 atom stereocenters. The predicted octanol–water partition coefficient (Wildman–Crippen LogP) is 2.37. The number of benzene rings is 2. The van der Waals surface area contributed by atoms with E-state index in [1.165, 1.54) is 0 Å². The van der Waals surface area contributed by atoms with E-state index in [4.69, 9.17) is 5.73 Å². The van der Waals surface area contributed by atoms with Crippen molar-refractivity contribution in [2.24, 2.45) is 5.73 Å².